The highest BCUT2D eigenvalue weighted by Gasteiger charge is 2.18. The van der Waals surface area contributed by atoms with Crippen molar-refractivity contribution >= 4 is 54.1 Å². The molecule has 0 radical (unpaired) electrons. The Morgan fingerprint density at radius 2 is 1.09 bits per heavy atom. The number of fused-ring (bicyclic) bond motifs is 7. The third kappa shape index (κ3) is 3.67. The lowest BCUT2D eigenvalue weighted by Gasteiger charge is -2.11. The third-order valence-electron chi connectivity index (χ3n) is 8.53. The molecular formula is C39H24N4. The van der Waals surface area contributed by atoms with E-state index in [1.54, 1.807) is 0 Å². The number of nitrogens with zero attached hydrogens (tertiary/aromatic N) is 4. The van der Waals surface area contributed by atoms with Gasteiger partial charge in [-0.05, 0) is 64.0 Å². The molecule has 0 aliphatic carbocycles. The van der Waals surface area contributed by atoms with Gasteiger partial charge in [0.05, 0.1) is 22.4 Å². The summed E-state index contributed by atoms with van der Waals surface area (Å²) in [6, 6.07) is 44.9. The highest BCUT2D eigenvalue weighted by Crippen LogP contribution is 2.39. The maximum Gasteiger partial charge on any atom is 0.145 e. The Balaban J connectivity index is 1.27. The summed E-state index contributed by atoms with van der Waals surface area (Å²) in [7, 11) is 0. The van der Waals surface area contributed by atoms with Gasteiger partial charge in [0.15, 0.2) is 0 Å². The lowest BCUT2D eigenvalue weighted by Crippen LogP contribution is -1.98. The van der Waals surface area contributed by atoms with E-state index in [9.17, 15) is 0 Å². The highest BCUT2D eigenvalue weighted by molar-refractivity contribution is 6.22. The van der Waals surface area contributed by atoms with Crippen molar-refractivity contribution in [2.24, 2.45) is 0 Å². The standard InChI is InChI=1S/C39H24N4/c1-4-10-30-25(7-1)14-18-36-37(30)33-23-28(15-17-35(33)43(36)39-32-12-6-3-9-27(32)20-22-41-39)34-16-13-29(24-42-34)38-31-11-5-2-8-26(31)19-21-40-38/h1-24H. The highest BCUT2D eigenvalue weighted by atomic mass is 15.1. The van der Waals surface area contributed by atoms with Crippen molar-refractivity contribution in [3.63, 3.8) is 0 Å². The Hall–Kier alpha value is -5.87. The van der Waals surface area contributed by atoms with Crippen molar-refractivity contribution in [3.05, 3.63) is 146 Å². The molecule has 0 saturated heterocycles. The Morgan fingerprint density at radius 1 is 0.442 bits per heavy atom. The molecule has 4 nitrogen and oxygen atoms in total. The average molecular weight is 549 g/mol. The largest absolute Gasteiger partial charge is 0.293 e. The fourth-order valence-electron chi connectivity index (χ4n) is 6.51. The molecular weight excluding hydrogens is 524 g/mol. The molecule has 9 rings (SSSR count). The first-order chi connectivity index (χ1) is 21.3. The van der Waals surface area contributed by atoms with E-state index >= 15 is 0 Å². The Labute approximate surface area is 247 Å². The SMILES string of the molecule is c1ccc2c(-c3ccc(-c4ccc5c(c4)c4c6ccccc6ccc4n5-c4nccc5ccccc45)nc3)nccc2c1. The molecule has 9 aromatic rings. The van der Waals surface area contributed by atoms with Crippen LogP contribution in [0.15, 0.2) is 146 Å². The van der Waals surface area contributed by atoms with Crippen LogP contribution in [0.1, 0.15) is 0 Å². The van der Waals surface area contributed by atoms with Crippen LogP contribution in [0, 0.1) is 0 Å². The summed E-state index contributed by atoms with van der Waals surface area (Å²) in [6.07, 6.45) is 5.71. The van der Waals surface area contributed by atoms with Gasteiger partial charge >= 0.3 is 0 Å². The summed E-state index contributed by atoms with van der Waals surface area (Å²) in [5, 5.41) is 9.45. The second-order valence-electron chi connectivity index (χ2n) is 10.9. The number of pyridine rings is 3. The Kier molecular flexibility index (Phi) is 5.16. The minimum absolute atomic E-state index is 0.926. The molecule has 4 heteroatoms. The lowest BCUT2D eigenvalue weighted by molar-refractivity contribution is 1.10. The average Bonchev–Trinajstić information content (AvgIpc) is 3.42. The topological polar surface area (TPSA) is 43.6 Å². The molecule has 0 saturated carbocycles. The van der Waals surface area contributed by atoms with Gasteiger partial charge in [-0.2, -0.15) is 0 Å². The van der Waals surface area contributed by atoms with Gasteiger partial charge in [-0.25, -0.2) is 4.98 Å². The number of rotatable bonds is 3. The van der Waals surface area contributed by atoms with E-state index in [1.807, 2.05) is 24.7 Å². The number of aromatic nitrogens is 4. The van der Waals surface area contributed by atoms with E-state index in [2.05, 4.69) is 131 Å². The number of hydrogen-bond acceptors (Lipinski definition) is 3. The summed E-state index contributed by atoms with van der Waals surface area (Å²) in [5.74, 6) is 0.936. The maximum absolute atomic E-state index is 4.93. The van der Waals surface area contributed by atoms with Crippen LogP contribution < -0.4 is 0 Å². The summed E-state index contributed by atoms with van der Waals surface area (Å²) >= 11 is 0. The van der Waals surface area contributed by atoms with Crippen LogP contribution in [0.4, 0.5) is 0 Å². The number of benzene rings is 5. The van der Waals surface area contributed by atoms with Gasteiger partial charge in [-0.1, -0.05) is 84.9 Å². The van der Waals surface area contributed by atoms with Gasteiger partial charge in [-0.3, -0.25) is 14.5 Å². The second-order valence-corrected chi connectivity index (χ2v) is 10.9. The predicted octanol–water partition coefficient (Wildman–Crippen LogP) is 9.76. The zero-order chi connectivity index (χ0) is 28.3. The molecule has 0 spiro atoms. The van der Waals surface area contributed by atoms with Crippen molar-refractivity contribution in [2.75, 3.05) is 0 Å². The van der Waals surface area contributed by atoms with E-state index in [0.29, 0.717) is 0 Å². The summed E-state index contributed by atoms with van der Waals surface area (Å²) in [5.41, 5.74) is 6.21. The number of hydrogen-bond donors (Lipinski definition) is 0. The van der Waals surface area contributed by atoms with Gasteiger partial charge in [-0.15, -0.1) is 0 Å². The van der Waals surface area contributed by atoms with Gasteiger partial charge in [0.1, 0.15) is 5.82 Å². The Bertz CT molecular complexity index is 2500. The normalized spacial score (nSPS) is 11.7. The van der Waals surface area contributed by atoms with Crippen molar-refractivity contribution < 1.29 is 0 Å². The van der Waals surface area contributed by atoms with Crippen LogP contribution in [0.3, 0.4) is 0 Å². The predicted molar refractivity (Wildman–Crippen MR) is 178 cm³/mol. The van der Waals surface area contributed by atoms with Crippen molar-refractivity contribution in [3.8, 4) is 28.3 Å². The molecule has 5 aromatic carbocycles. The molecule has 0 aliphatic heterocycles. The van der Waals surface area contributed by atoms with Crippen LogP contribution in [0.5, 0.6) is 0 Å². The van der Waals surface area contributed by atoms with Crippen LogP contribution in [-0.2, 0) is 0 Å². The summed E-state index contributed by atoms with van der Waals surface area (Å²) in [4.78, 5) is 14.5. The van der Waals surface area contributed by atoms with Gasteiger partial charge in [0.25, 0.3) is 0 Å². The minimum Gasteiger partial charge on any atom is -0.293 e. The molecule has 0 fully saturated rings. The summed E-state index contributed by atoms with van der Waals surface area (Å²) in [6.45, 7) is 0. The van der Waals surface area contributed by atoms with E-state index in [4.69, 9.17) is 9.97 Å². The van der Waals surface area contributed by atoms with Crippen molar-refractivity contribution in [2.45, 2.75) is 0 Å². The monoisotopic (exact) mass is 548 g/mol. The fraction of sp³-hybridized carbons (Fsp3) is 0. The minimum atomic E-state index is 0.926. The second kappa shape index (κ2) is 9.33. The maximum atomic E-state index is 4.93. The van der Waals surface area contributed by atoms with Gasteiger partial charge < -0.3 is 0 Å². The molecule has 43 heavy (non-hydrogen) atoms. The smallest absolute Gasteiger partial charge is 0.145 e. The van der Waals surface area contributed by atoms with Crippen molar-refractivity contribution in [1.82, 2.24) is 19.5 Å². The first-order valence-electron chi connectivity index (χ1n) is 14.4. The van der Waals surface area contributed by atoms with Crippen LogP contribution >= 0.6 is 0 Å². The lowest BCUT2D eigenvalue weighted by atomic mass is 10.0. The van der Waals surface area contributed by atoms with E-state index in [0.717, 1.165) is 50.1 Å². The summed E-state index contributed by atoms with van der Waals surface area (Å²) < 4.78 is 2.31. The van der Waals surface area contributed by atoms with Crippen LogP contribution in [0.25, 0.3) is 82.5 Å². The first kappa shape index (κ1) is 23.8. The first-order valence-corrected chi connectivity index (χ1v) is 14.4. The fourth-order valence-corrected chi connectivity index (χ4v) is 6.51. The molecule has 0 N–H and O–H groups in total. The molecule has 4 heterocycles. The zero-order valence-corrected chi connectivity index (χ0v) is 23.1. The van der Waals surface area contributed by atoms with E-state index < -0.39 is 0 Å². The van der Waals surface area contributed by atoms with E-state index in [1.165, 1.54) is 32.3 Å². The quantitative estimate of drug-likeness (QED) is 0.221. The van der Waals surface area contributed by atoms with Gasteiger partial charge in [0.2, 0.25) is 0 Å². The third-order valence-corrected chi connectivity index (χ3v) is 8.53. The molecule has 0 bridgehead atoms. The molecule has 0 aliphatic rings. The molecule has 200 valence electrons. The zero-order valence-electron chi connectivity index (χ0n) is 23.1. The van der Waals surface area contributed by atoms with Crippen LogP contribution in [-0.4, -0.2) is 19.5 Å². The Morgan fingerprint density at radius 3 is 1.88 bits per heavy atom. The molecule has 0 amide bonds. The molecule has 4 aromatic heterocycles. The van der Waals surface area contributed by atoms with E-state index in [-0.39, 0.29) is 0 Å². The van der Waals surface area contributed by atoms with Crippen LogP contribution in [0.2, 0.25) is 0 Å². The van der Waals surface area contributed by atoms with Crippen molar-refractivity contribution in [1.29, 1.82) is 0 Å². The molecule has 0 atom stereocenters. The molecule has 0 unspecified atom stereocenters. The van der Waals surface area contributed by atoms with Gasteiger partial charge in [0, 0.05) is 51.3 Å².